The van der Waals surface area contributed by atoms with Crippen molar-refractivity contribution in [3.63, 3.8) is 0 Å². The Bertz CT molecular complexity index is 746. The molecule has 0 radical (unpaired) electrons. The van der Waals surface area contributed by atoms with E-state index in [1.807, 2.05) is 0 Å². The maximum Gasteiger partial charge on any atom is 0.336 e. The van der Waals surface area contributed by atoms with Crippen molar-refractivity contribution >= 4 is 26.2 Å². The van der Waals surface area contributed by atoms with Crippen molar-refractivity contribution in [3.05, 3.63) is 23.3 Å². The fourth-order valence-electron chi connectivity index (χ4n) is 1.70. The number of rotatable bonds is 5. The molecule has 0 saturated carbocycles. The molecular formula is C10H12O8S2. The Hall–Kier alpha value is -1.49. The van der Waals surface area contributed by atoms with Crippen molar-refractivity contribution in [2.45, 2.75) is 29.6 Å². The molecule has 0 atom stereocenters. The third-order valence-electron chi connectivity index (χ3n) is 2.49. The number of aromatic carboxylic acids is 1. The zero-order valence-electron chi connectivity index (χ0n) is 10.3. The normalized spacial score (nSPS) is 12.3. The summed E-state index contributed by atoms with van der Waals surface area (Å²) in [5.74, 6) is -1.57. The van der Waals surface area contributed by atoms with E-state index in [0.29, 0.717) is 18.6 Å². The maximum atomic E-state index is 11.3. The number of hydrogen-bond donors (Lipinski definition) is 3. The molecule has 1 aromatic rings. The van der Waals surface area contributed by atoms with Gasteiger partial charge in [0.1, 0.15) is 0 Å². The largest absolute Gasteiger partial charge is 0.478 e. The van der Waals surface area contributed by atoms with E-state index in [1.54, 1.807) is 6.92 Å². The summed E-state index contributed by atoms with van der Waals surface area (Å²) in [5, 5.41) is 9.02. The number of benzene rings is 1. The molecule has 1 aromatic carbocycles. The van der Waals surface area contributed by atoms with Gasteiger partial charge in [0, 0.05) is 0 Å². The van der Waals surface area contributed by atoms with Gasteiger partial charge in [0.05, 0.1) is 15.4 Å². The molecule has 0 fully saturated rings. The van der Waals surface area contributed by atoms with E-state index in [1.165, 1.54) is 0 Å². The average Bonchev–Trinajstić information content (AvgIpc) is 2.26. The van der Waals surface area contributed by atoms with E-state index in [0.717, 1.165) is 0 Å². The number of carboxylic acids is 1. The second-order valence-electron chi connectivity index (χ2n) is 3.95. The summed E-state index contributed by atoms with van der Waals surface area (Å²) in [5.41, 5.74) is -0.815. The smallest absolute Gasteiger partial charge is 0.336 e. The van der Waals surface area contributed by atoms with Crippen LogP contribution in [0.3, 0.4) is 0 Å². The SMILES string of the molecule is CCCc1c(C(=O)O)cc(S(=O)(=O)O)cc1S(=O)(=O)O. The van der Waals surface area contributed by atoms with Crippen LogP contribution in [0.25, 0.3) is 0 Å². The fraction of sp³-hybridized carbons (Fsp3) is 0.300. The van der Waals surface area contributed by atoms with Gasteiger partial charge in [0.2, 0.25) is 0 Å². The second kappa shape index (κ2) is 5.48. The van der Waals surface area contributed by atoms with Crippen LogP contribution < -0.4 is 0 Å². The molecule has 0 unspecified atom stereocenters. The Balaban J connectivity index is 3.88. The van der Waals surface area contributed by atoms with Gasteiger partial charge in [-0.15, -0.1) is 0 Å². The summed E-state index contributed by atoms with van der Waals surface area (Å²) < 4.78 is 62.6. The third-order valence-corrected chi connectivity index (χ3v) is 4.24. The van der Waals surface area contributed by atoms with Crippen LogP contribution in [0.4, 0.5) is 0 Å². The van der Waals surface area contributed by atoms with Gasteiger partial charge in [-0.05, 0) is 24.1 Å². The van der Waals surface area contributed by atoms with Crippen molar-refractivity contribution in [3.8, 4) is 0 Å². The van der Waals surface area contributed by atoms with Crippen molar-refractivity contribution in [1.82, 2.24) is 0 Å². The predicted molar refractivity (Wildman–Crippen MR) is 67.0 cm³/mol. The molecule has 0 aromatic heterocycles. The Kier molecular flexibility index (Phi) is 4.54. The molecule has 0 saturated heterocycles. The van der Waals surface area contributed by atoms with E-state index < -0.39 is 41.6 Å². The Morgan fingerprint density at radius 1 is 1.10 bits per heavy atom. The zero-order valence-corrected chi connectivity index (χ0v) is 11.9. The highest BCUT2D eigenvalue weighted by atomic mass is 32.2. The standard InChI is InChI=1S/C10H12O8S2/c1-2-3-7-8(10(11)12)4-6(19(13,14)15)5-9(7)20(16,17)18/h4-5H,2-3H2,1H3,(H,11,12)(H,13,14,15)(H,16,17,18). The summed E-state index contributed by atoms with van der Waals surface area (Å²) in [7, 11) is -9.65. The molecule has 1 rings (SSSR count). The van der Waals surface area contributed by atoms with E-state index in [4.69, 9.17) is 14.2 Å². The molecule has 0 bridgehead atoms. The molecule has 0 heterocycles. The molecule has 0 aliphatic carbocycles. The minimum atomic E-state index is -4.83. The van der Waals surface area contributed by atoms with Crippen molar-refractivity contribution in [1.29, 1.82) is 0 Å². The van der Waals surface area contributed by atoms with E-state index in [9.17, 15) is 21.6 Å². The predicted octanol–water partition coefficient (Wildman–Crippen LogP) is 0.831. The van der Waals surface area contributed by atoms with Gasteiger partial charge in [0.15, 0.2) is 0 Å². The quantitative estimate of drug-likeness (QED) is 0.675. The zero-order chi connectivity index (χ0) is 15.7. The summed E-state index contributed by atoms with van der Waals surface area (Å²) in [4.78, 5) is 9.35. The average molecular weight is 324 g/mol. The molecule has 0 spiro atoms. The highest BCUT2D eigenvalue weighted by Crippen LogP contribution is 2.26. The van der Waals surface area contributed by atoms with Gasteiger partial charge in [-0.3, -0.25) is 9.11 Å². The number of hydrogen-bond acceptors (Lipinski definition) is 5. The monoisotopic (exact) mass is 324 g/mol. The van der Waals surface area contributed by atoms with Crippen molar-refractivity contribution in [2.75, 3.05) is 0 Å². The molecule has 8 nitrogen and oxygen atoms in total. The van der Waals surface area contributed by atoms with E-state index in [2.05, 4.69) is 0 Å². The van der Waals surface area contributed by atoms with Gasteiger partial charge in [-0.25, -0.2) is 4.79 Å². The molecule has 0 aliphatic heterocycles. The van der Waals surface area contributed by atoms with Gasteiger partial charge >= 0.3 is 5.97 Å². The van der Waals surface area contributed by atoms with Crippen LogP contribution in [0.5, 0.6) is 0 Å². The van der Waals surface area contributed by atoms with E-state index in [-0.39, 0.29) is 12.0 Å². The molecule has 0 amide bonds. The minimum absolute atomic E-state index is 0.00249. The van der Waals surface area contributed by atoms with E-state index >= 15 is 0 Å². The molecule has 3 N–H and O–H groups in total. The highest BCUT2D eigenvalue weighted by molar-refractivity contribution is 7.86. The third kappa shape index (κ3) is 3.54. The molecular weight excluding hydrogens is 312 g/mol. The lowest BCUT2D eigenvalue weighted by atomic mass is 10.0. The first kappa shape index (κ1) is 16.6. The summed E-state index contributed by atoms with van der Waals surface area (Å²) >= 11 is 0. The van der Waals surface area contributed by atoms with Crippen LogP contribution >= 0.6 is 0 Å². The topological polar surface area (TPSA) is 146 Å². The summed E-state index contributed by atoms with van der Waals surface area (Å²) in [6.07, 6.45) is 0.372. The molecule has 0 aliphatic rings. The van der Waals surface area contributed by atoms with Gasteiger partial charge in [-0.2, -0.15) is 16.8 Å². The first-order chi connectivity index (χ1) is 8.98. The minimum Gasteiger partial charge on any atom is -0.478 e. The summed E-state index contributed by atoms with van der Waals surface area (Å²) in [6.45, 7) is 1.65. The second-order valence-corrected chi connectivity index (χ2v) is 6.76. The Labute approximate surface area is 115 Å². The lowest BCUT2D eigenvalue weighted by Crippen LogP contribution is -2.13. The van der Waals surface area contributed by atoms with Crippen LogP contribution in [0.1, 0.15) is 29.3 Å². The first-order valence-electron chi connectivity index (χ1n) is 5.33. The van der Waals surface area contributed by atoms with Crippen LogP contribution in [0.2, 0.25) is 0 Å². The highest BCUT2D eigenvalue weighted by Gasteiger charge is 2.25. The van der Waals surface area contributed by atoms with Crippen LogP contribution in [0.15, 0.2) is 21.9 Å². The Morgan fingerprint density at radius 2 is 1.65 bits per heavy atom. The number of carbonyl (C=O) groups is 1. The lowest BCUT2D eigenvalue weighted by molar-refractivity contribution is 0.0695. The maximum absolute atomic E-state index is 11.3. The van der Waals surface area contributed by atoms with Gasteiger partial charge in [-0.1, -0.05) is 13.3 Å². The molecule has 20 heavy (non-hydrogen) atoms. The van der Waals surface area contributed by atoms with Gasteiger partial charge in [0.25, 0.3) is 20.2 Å². The lowest BCUT2D eigenvalue weighted by Gasteiger charge is -2.11. The summed E-state index contributed by atoms with van der Waals surface area (Å²) in [6, 6.07) is 1.18. The van der Waals surface area contributed by atoms with Crippen molar-refractivity contribution < 1.29 is 35.8 Å². The van der Waals surface area contributed by atoms with Crippen LogP contribution in [-0.4, -0.2) is 37.0 Å². The molecule has 112 valence electrons. The number of carboxylic acid groups (broad SMARTS) is 1. The van der Waals surface area contributed by atoms with Gasteiger partial charge < -0.3 is 5.11 Å². The van der Waals surface area contributed by atoms with Crippen LogP contribution in [0, 0.1) is 0 Å². The fourth-order valence-corrected chi connectivity index (χ4v) is 3.11. The Morgan fingerprint density at radius 3 is 2.00 bits per heavy atom. The molecule has 10 heteroatoms. The first-order valence-corrected chi connectivity index (χ1v) is 8.21. The van der Waals surface area contributed by atoms with Crippen LogP contribution in [-0.2, 0) is 26.7 Å². The van der Waals surface area contributed by atoms with Crippen molar-refractivity contribution in [2.24, 2.45) is 0 Å².